The van der Waals surface area contributed by atoms with Gasteiger partial charge in [0.2, 0.25) is 0 Å². The third-order valence-corrected chi connectivity index (χ3v) is 2.93. The fraction of sp³-hybridized carbons (Fsp3) is 0.357. The molecule has 1 aliphatic rings. The molecule has 0 aromatic heterocycles. The molecule has 96 valence electrons. The number of nitrogens with one attached hydrogen (secondary N) is 1. The maximum absolute atomic E-state index is 12.4. The number of para-hydroxylation sites is 1. The third-order valence-electron chi connectivity index (χ3n) is 2.93. The van der Waals surface area contributed by atoms with Gasteiger partial charge in [0, 0.05) is 19.6 Å². The third kappa shape index (κ3) is 2.32. The van der Waals surface area contributed by atoms with Crippen molar-refractivity contribution in [3.05, 3.63) is 36.4 Å². The van der Waals surface area contributed by atoms with Crippen LogP contribution in [0.15, 0.2) is 30.9 Å². The van der Waals surface area contributed by atoms with Crippen molar-refractivity contribution in [2.75, 3.05) is 31.6 Å². The van der Waals surface area contributed by atoms with E-state index in [0.29, 0.717) is 31.0 Å². The molecule has 0 fully saturated rings. The number of hydrogen-bond acceptors (Lipinski definition) is 3. The van der Waals surface area contributed by atoms with E-state index in [4.69, 9.17) is 4.74 Å². The number of likely N-dealkylation sites (N-methyl/N-ethyl adjacent to an activating group) is 1. The largest absolute Gasteiger partial charge is 0.489 e. The first kappa shape index (κ1) is 12.5. The lowest BCUT2D eigenvalue weighted by Crippen LogP contribution is -2.32. The fourth-order valence-electron chi connectivity index (χ4n) is 2.02. The smallest absolute Gasteiger partial charge is 0.257 e. The van der Waals surface area contributed by atoms with Gasteiger partial charge in [-0.2, -0.15) is 0 Å². The Labute approximate surface area is 107 Å². The number of amides is 1. The van der Waals surface area contributed by atoms with Crippen LogP contribution in [0.5, 0.6) is 5.75 Å². The number of benzene rings is 1. The average Bonchev–Trinajstić information content (AvgIpc) is 2.43. The zero-order valence-corrected chi connectivity index (χ0v) is 10.6. The molecule has 0 radical (unpaired) electrons. The summed E-state index contributed by atoms with van der Waals surface area (Å²) in [5.41, 5.74) is 1.50. The number of rotatable bonds is 4. The summed E-state index contributed by atoms with van der Waals surface area (Å²) in [4.78, 5) is 14.1. The molecule has 4 nitrogen and oxygen atoms in total. The van der Waals surface area contributed by atoms with Crippen molar-refractivity contribution in [2.24, 2.45) is 0 Å². The second-order valence-electron chi connectivity index (χ2n) is 4.09. The Morgan fingerprint density at radius 1 is 1.61 bits per heavy atom. The molecule has 1 aliphatic heterocycles. The molecule has 0 atom stereocenters. The zero-order chi connectivity index (χ0) is 13.0. The molecule has 1 heterocycles. The van der Waals surface area contributed by atoms with Crippen molar-refractivity contribution >= 4 is 11.6 Å². The van der Waals surface area contributed by atoms with Gasteiger partial charge in [-0.1, -0.05) is 12.1 Å². The lowest BCUT2D eigenvalue weighted by Gasteiger charge is -2.24. The first-order valence-corrected chi connectivity index (χ1v) is 6.17. The Bertz CT molecular complexity index is 457. The van der Waals surface area contributed by atoms with Crippen LogP contribution in [-0.4, -0.2) is 37.0 Å². The highest BCUT2D eigenvalue weighted by Gasteiger charge is 2.21. The van der Waals surface area contributed by atoms with Crippen molar-refractivity contribution < 1.29 is 9.53 Å². The predicted molar refractivity (Wildman–Crippen MR) is 72.2 cm³/mol. The molecule has 4 heteroatoms. The lowest BCUT2D eigenvalue weighted by molar-refractivity contribution is 0.0777. The monoisotopic (exact) mass is 246 g/mol. The second-order valence-corrected chi connectivity index (χ2v) is 4.09. The molecule has 0 bridgehead atoms. The van der Waals surface area contributed by atoms with Crippen LogP contribution in [0, 0.1) is 0 Å². The minimum Gasteiger partial charge on any atom is -0.489 e. The number of hydrogen-bond donors (Lipinski definition) is 1. The molecule has 1 amide bonds. The summed E-state index contributed by atoms with van der Waals surface area (Å²) in [5, 5.41) is 3.23. The molecule has 1 aromatic carbocycles. The summed E-state index contributed by atoms with van der Waals surface area (Å²) in [6, 6.07) is 5.60. The summed E-state index contributed by atoms with van der Waals surface area (Å²) in [5.74, 6) is 0.647. The normalized spacial score (nSPS) is 12.9. The van der Waals surface area contributed by atoms with Crippen molar-refractivity contribution in [1.82, 2.24) is 4.90 Å². The fourth-order valence-corrected chi connectivity index (χ4v) is 2.02. The first-order valence-electron chi connectivity index (χ1n) is 6.17. The molecule has 0 spiro atoms. The number of fused-ring (bicyclic) bond motifs is 1. The van der Waals surface area contributed by atoms with E-state index in [0.717, 1.165) is 12.2 Å². The van der Waals surface area contributed by atoms with Crippen LogP contribution < -0.4 is 10.1 Å². The van der Waals surface area contributed by atoms with Gasteiger partial charge in [-0.3, -0.25) is 4.79 Å². The molecular weight excluding hydrogens is 228 g/mol. The van der Waals surface area contributed by atoms with Gasteiger partial charge in [-0.25, -0.2) is 0 Å². The number of nitrogens with zero attached hydrogens (tertiary/aromatic N) is 1. The predicted octanol–water partition coefficient (Wildman–Crippen LogP) is 2.14. The van der Waals surface area contributed by atoms with Gasteiger partial charge in [-0.05, 0) is 19.1 Å². The van der Waals surface area contributed by atoms with Crippen LogP contribution in [0.25, 0.3) is 0 Å². The summed E-state index contributed by atoms with van der Waals surface area (Å²) >= 11 is 0. The van der Waals surface area contributed by atoms with Crippen LogP contribution in [0.3, 0.4) is 0 Å². The number of carbonyl (C=O) groups is 1. The van der Waals surface area contributed by atoms with Crippen LogP contribution in [0.1, 0.15) is 17.3 Å². The zero-order valence-electron chi connectivity index (χ0n) is 10.6. The first-order chi connectivity index (χ1) is 8.77. The summed E-state index contributed by atoms with van der Waals surface area (Å²) in [7, 11) is 0. The molecule has 2 rings (SSSR count). The highest BCUT2D eigenvalue weighted by molar-refractivity contribution is 5.99. The van der Waals surface area contributed by atoms with Gasteiger partial charge < -0.3 is 15.0 Å². The summed E-state index contributed by atoms with van der Waals surface area (Å²) < 4.78 is 5.61. The number of anilines is 1. The molecule has 0 unspecified atom stereocenters. The van der Waals surface area contributed by atoms with Crippen LogP contribution in [0.2, 0.25) is 0 Å². The van der Waals surface area contributed by atoms with Crippen molar-refractivity contribution in [3.63, 3.8) is 0 Å². The maximum Gasteiger partial charge on any atom is 0.257 e. The maximum atomic E-state index is 12.4. The quantitative estimate of drug-likeness (QED) is 0.828. The van der Waals surface area contributed by atoms with Crippen LogP contribution >= 0.6 is 0 Å². The molecule has 0 aliphatic carbocycles. The SMILES string of the molecule is C=CCN(CC)C(=O)c1cccc2c1OCCN2. The minimum absolute atomic E-state index is 0.0158. The molecule has 1 aromatic rings. The Balaban J connectivity index is 2.32. The van der Waals surface area contributed by atoms with Crippen molar-refractivity contribution in [2.45, 2.75) is 6.92 Å². The van der Waals surface area contributed by atoms with E-state index in [1.165, 1.54) is 0 Å². The average molecular weight is 246 g/mol. The van der Waals surface area contributed by atoms with Gasteiger partial charge >= 0.3 is 0 Å². The Morgan fingerprint density at radius 3 is 3.17 bits per heavy atom. The van der Waals surface area contributed by atoms with Crippen LogP contribution in [0.4, 0.5) is 5.69 Å². The Hall–Kier alpha value is -1.97. The van der Waals surface area contributed by atoms with E-state index in [-0.39, 0.29) is 5.91 Å². The molecule has 0 saturated heterocycles. The van der Waals surface area contributed by atoms with E-state index in [1.54, 1.807) is 17.0 Å². The molecular formula is C14H18N2O2. The van der Waals surface area contributed by atoms with E-state index in [9.17, 15) is 4.79 Å². The topological polar surface area (TPSA) is 41.6 Å². The Kier molecular flexibility index (Phi) is 3.87. The van der Waals surface area contributed by atoms with Crippen LogP contribution in [-0.2, 0) is 0 Å². The van der Waals surface area contributed by atoms with E-state index >= 15 is 0 Å². The summed E-state index contributed by atoms with van der Waals surface area (Å²) in [6.45, 7) is 8.19. The highest BCUT2D eigenvalue weighted by Crippen LogP contribution is 2.31. The van der Waals surface area contributed by atoms with Gasteiger partial charge in [-0.15, -0.1) is 6.58 Å². The summed E-state index contributed by atoms with van der Waals surface area (Å²) in [6.07, 6.45) is 1.73. The van der Waals surface area contributed by atoms with Gasteiger partial charge in [0.05, 0.1) is 11.3 Å². The number of ether oxygens (including phenoxy) is 1. The minimum atomic E-state index is -0.0158. The van der Waals surface area contributed by atoms with Crippen molar-refractivity contribution in [1.29, 1.82) is 0 Å². The van der Waals surface area contributed by atoms with E-state index in [2.05, 4.69) is 11.9 Å². The number of carbonyl (C=O) groups excluding carboxylic acids is 1. The molecule has 1 N–H and O–H groups in total. The van der Waals surface area contributed by atoms with Gasteiger partial charge in [0.1, 0.15) is 6.61 Å². The van der Waals surface area contributed by atoms with Crippen molar-refractivity contribution in [3.8, 4) is 5.75 Å². The van der Waals surface area contributed by atoms with Gasteiger partial charge in [0.15, 0.2) is 5.75 Å². The molecule has 18 heavy (non-hydrogen) atoms. The lowest BCUT2D eigenvalue weighted by atomic mass is 10.1. The van der Waals surface area contributed by atoms with E-state index in [1.807, 2.05) is 19.1 Å². The standard InChI is InChI=1S/C14H18N2O2/c1-3-9-16(4-2)14(17)11-6-5-7-12-13(11)18-10-8-15-12/h3,5-7,15H,1,4,8-10H2,2H3. The van der Waals surface area contributed by atoms with E-state index < -0.39 is 0 Å². The second kappa shape index (κ2) is 5.58. The Morgan fingerprint density at radius 2 is 2.44 bits per heavy atom. The highest BCUT2D eigenvalue weighted by atomic mass is 16.5. The molecule has 0 saturated carbocycles. The van der Waals surface area contributed by atoms with Gasteiger partial charge in [0.25, 0.3) is 5.91 Å².